The van der Waals surface area contributed by atoms with Crippen LogP contribution in [0.2, 0.25) is 0 Å². The quantitative estimate of drug-likeness (QED) is 0.728. The fraction of sp³-hybridized carbons (Fsp3) is 0.500. The molecule has 21 heavy (non-hydrogen) atoms. The molecule has 112 valence electrons. The Morgan fingerprint density at radius 2 is 2.14 bits per heavy atom. The average molecular weight is 303 g/mol. The molecule has 0 spiro atoms. The van der Waals surface area contributed by atoms with E-state index in [4.69, 9.17) is 11.6 Å². The van der Waals surface area contributed by atoms with Gasteiger partial charge in [0.2, 0.25) is 0 Å². The van der Waals surface area contributed by atoms with Crippen molar-refractivity contribution in [1.82, 2.24) is 4.98 Å². The van der Waals surface area contributed by atoms with E-state index in [9.17, 15) is 0 Å². The molecule has 1 aromatic heterocycles. The van der Waals surface area contributed by atoms with Gasteiger partial charge in [-0.25, -0.2) is 0 Å². The number of anilines is 1. The molecule has 2 nitrogen and oxygen atoms in total. The molecular formula is C18H23ClN2. The minimum Gasteiger partial charge on any atom is -0.368 e. The number of fused-ring (bicyclic) bond motifs is 1. The van der Waals surface area contributed by atoms with Crippen molar-refractivity contribution in [3.05, 3.63) is 36.0 Å². The maximum atomic E-state index is 6.05. The third-order valence-corrected chi connectivity index (χ3v) is 4.72. The molecule has 1 unspecified atom stereocenters. The molecule has 0 radical (unpaired) electrons. The van der Waals surface area contributed by atoms with Crippen LogP contribution in [0.25, 0.3) is 10.9 Å². The Morgan fingerprint density at radius 3 is 2.95 bits per heavy atom. The topological polar surface area (TPSA) is 16.1 Å². The van der Waals surface area contributed by atoms with Gasteiger partial charge in [-0.05, 0) is 37.8 Å². The predicted octanol–water partition coefficient (Wildman–Crippen LogP) is 5.13. The first-order chi connectivity index (χ1) is 10.3. The second-order valence-corrected chi connectivity index (χ2v) is 6.18. The summed E-state index contributed by atoms with van der Waals surface area (Å²) in [5.41, 5.74) is 3.37. The van der Waals surface area contributed by atoms with Crippen LogP contribution in [0.15, 0.2) is 30.3 Å². The van der Waals surface area contributed by atoms with Gasteiger partial charge < -0.3 is 4.90 Å². The highest BCUT2D eigenvalue weighted by Gasteiger charge is 2.23. The van der Waals surface area contributed by atoms with E-state index in [1.807, 2.05) is 0 Å². The monoisotopic (exact) mass is 302 g/mol. The number of pyridine rings is 1. The molecule has 0 aliphatic carbocycles. The Bertz CT molecular complexity index is 609. The van der Waals surface area contributed by atoms with Crippen LogP contribution >= 0.6 is 11.6 Å². The van der Waals surface area contributed by atoms with Crippen molar-refractivity contribution in [2.45, 2.75) is 50.9 Å². The molecular weight excluding hydrogens is 280 g/mol. The van der Waals surface area contributed by atoms with Crippen LogP contribution in [0, 0.1) is 0 Å². The molecule has 0 bridgehead atoms. The van der Waals surface area contributed by atoms with Gasteiger partial charge >= 0.3 is 0 Å². The van der Waals surface area contributed by atoms with Gasteiger partial charge in [-0.1, -0.05) is 31.5 Å². The van der Waals surface area contributed by atoms with E-state index in [0.717, 1.165) is 17.8 Å². The molecule has 2 aromatic rings. The minimum atomic E-state index is 0.476. The smallest absolute Gasteiger partial charge is 0.0726 e. The van der Waals surface area contributed by atoms with E-state index < -0.39 is 0 Å². The summed E-state index contributed by atoms with van der Waals surface area (Å²) in [4.78, 5) is 7.27. The normalized spacial score (nSPS) is 19.1. The third kappa shape index (κ3) is 3.01. The van der Waals surface area contributed by atoms with Crippen molar-refractivity contribution in [3.8, 4) is 0 Å². The van der Waals surface area contributed by atoms with Gasteiger partial charge in [-0.3, -0.25) is 4.98 Å². The van der Waals surface area contributed by atoms with E-state index in [1.165, 1.54) is 43.2 Å². The number of benzene rings is 1. The van der Waals surface area contributed by atoms with Crippen molar-refractivity contribution < 1.29 is 0 Å². The number of hydrogen-bond donors (Lipinski definition) is 0. The van der Waals surface area contributed by atoms with Gasteiger partial charge in [0.05, 0.1) is 17.1 Å². The van der Waals surface area contributed by atoms with Crippen molar-refractivity contribution in [2.24, 2.45) is 0 Å². The molecule has 0 N–H and O–H groups in total. The summed E-state index contributed by atoms with van der Waals surface area (Å²) in [6, 6.07) is 11.3. The Labute approximate surface area is 132 Å². The Morgan fingerprint density at radius 1 is 1.29 bits per heavy atom. The lowest BCUT2D eigenvalue weighted by atomic mass is 9.96. The maximum Gasteiger partial charge on any atom is 0.0726 e. The lowest BCUT2D eigenvalue weighted by molar-refractivity contribution is 0.435. The van der Waals surface area contributed by atoms with Gasteiger partial charge in [0.15, 0.2) is 0 Å². The van der Waals surface area contributed by atoms with Crippen LogP contribution in [0.3, 0.4) is 0 Å². The lowest BCUT2D eigenvalue weighted by Gasteiger charge is -2.38. The predicted molar refractivity (Wildman–Crippen MR) is 91.2 cm³/mol. The molecule has 1 aromatic carbocycles. The Kier molecular flexibility index (Phi) is 4.64. The zero-order valence-corrected chi connectivity index (χ0v) is 13.4. The zero-order valence-electron chi connectivity index (χ0n) is 12.7. The van der Waals surface area contributed by atoms with Crippen molar-refractivity contribution in [1.29, 1.82) is 0 Å². The van der Waals surface area contributed by atoms with Gasteiger partial charge in [0, 0.05) is 23.7 Å². The summed E-state index contributed by atoms with van der Waals surface area (Å²) >= 11 is 6.05. The molecule has 3 heteroatoms. The summed E-state index contributed by atoms with van der Waals surface area (Å²) in [6.07, 6.45) is 6.46. The fourth-order valence-electron chi connectivity index (χ4n) is 3.47. The van der Waals surface area contributed by atoms with Crippen molar-refractivity contribution in [2.75, 3.05) is 11.4 Å². The number of alkyl halides is 1. The first kappa shape index (κ1) is 14.6. The summed E-state index contributed by atoms with van der Waals surface area (Å²) < 4.78 is 0. The van der Waals surface area contributed by atoms with Crippen LogP contribution < -0.4 is 4.90 Å². The van der Waals surface area contributed by atoms with E-state index in [1.54, 1.807) is 0 Å². The molecule has 2 heterocycles. The molecule has 1 aliphatic heterocycles. The summed E-state index contributed by atoms with van der Waals surface area (Å²) in [5.74, 6) is 0.476. The SMILES string of the molecule is CCCC1CCCCN1c1cc(CCl)nc2ccccc12. The Balaban J connectivity index is 2.08. The molecule has 0 saturated carbocycles. The second-order valence-electron chi connectivity index (χ2n) is 5.92. The number of piperidine rings is 1. The molecule has 1 saturated heterocycles. The van der Waals surface area contributed by atoms with Crippen molar-refractivity contribution >= 4 is 28.2 Å². The van der Waals surface area contributed by atoms with Crippen molar-refractivity contribution in [3.63, 3.8) is 0 Å². The van der Waals surface area contributed by atoms with Gasteiger partial charge in [-0.15, -0.1) is 11.6 Å². The summed E-state index contributed by atoms with van der Waals surface area (Å²) in [6.45, 7) is 3.43. The van der Waals surface area contributed by atoms with Crippen LogP contribution in [0.4, 0.5) is 5.69 Å². The highest BCUT2D eigenvalue weighted by molar-refractivity contribution is 6.17. The van der Waals surface area contributed by atoms with Gasteiger partial charge in [0.1, 0.15) is 0 Å². The fourth-order valence-corrected chi connectivity index (χ4v) is 3.60. The van der Waals surface area contributed by atoms with Crippen LogP contribution in [0.1, 0.15) is 44.7 Å². The highest BCUT2D eigenvalue weighted by atomic mass is 35.5. The van der Waals surface area contributed by atoms with E-state index >= 15 is 0 Å². The molecule has 0 amide bonds. The van der Waals surface area contributed by atoms with E-state index in [0.29, 0.717) is 11.9 Å². The number of para-hydroxylation sites is 1. The number of hydrogen-bond acceptors (Lipinski definition) is 2. The number of rotatable bonds is 4. The lowest BCUT2D eigenvalue weighted by Crippen LogP contribution is -2.39. The number of nitrogens with zero attached hydrogens (tertiary/aromatic N) is 2. The molecule has 1 fully saturated rings. The van der Waals surface area contributed by atoms with Gasteiger partial charge in [0.25, 0.3) is 0 Å². The van der Waals surface area contributed by atoms with Crippen LogP contribution in [-0.2, 0) is 5.88 Å². The third-order valence-electron chi connectivity index (χ3n) is 4.44. The number of halogens is 1. The maximum absolute atomic E-state index is 6.05. The summed E-state index contributed by atoms with van der Waals surface area (Å²) in [5, 5.41) is 1.26. The molecule has 1 atom stereocenters. The first-order valence-electron chi connectivity index (χ1n) is 8.04. The zero-order chi connectivity index (χ0) is 14.7. The standard InChI is InChI=1S/C18H23ClN2/c1-2-7-15-8-5-6-11-21(15)18-12-14(13-19)20-17-10-4-3-9-16(17)18/h3-4,9-10,12,15H,2,5-8,11,13H2,1H3. The summed E-state index contributed by atoms with van der Waals surface area (Å²) in [7, 11) is 0. The molecule has 1 aliphatic rings. The van der Waals surface area contributed by atoms with Crippen LogP contribution in [0.5, 0.6) is 0 Å². The molecule has 3 rings (SSSR count). The highest BCUT2D eigenvalue weighted by Crippen LogP contribution is 2.33. The van der Waals surface area contributed by atoms with Crippen LogP contribution in [-0.4, -0.2) is 17.6 Å². The van der Waals surface area contributed by atoms with Gasteiger partial charge in [-0.2, -0.15) is 0 Å². The second kappa shape index (κ2) is 6.65. The van der Waals surface area contributed by atoms with E-state index in [2.05, 4.69) is 47.1 Å². The average Bonchev–Trinajstić information content (AvgIpc) is 2.54. The number of aromatic nitrogens is 1. The first-order valence-corrected chi connectivity index (χ1v) is 8.58. The minimum absolute atomic E-state index is 0.476. The largest absolute Gasteiger partial charge is 0.368 e. The Hall–Kier alpha value is -1.28. The van der Waals surface area contributed by atoms with E-state index in [-0.39, 0.29) is 0 Å².